The number of nitrogens with one attached hydrogen (secondary N) is 1. The molecule has 0 aromatic carbocycles. The molecular weight excluding hydrogens is 140 g/mol. The van der Waals surface area contributed by atoms with Gasteiger partial charge in [-0.2, -0.15) is 0 Å². The van der Waals surface area contributed by atoms with Gasteiger partial charge in [0.2, 0.25) is 5.91 Å². The highest BCUT2D eigenvalue weighted by Crippen LogP contribution is 2.30. The SMILES string of the molecule is C[C@@]12CCC(=O)N1CCNC2. The lowest BCUT2D eigenvalue weighted by molar-refractivity contribution is -0.131. The lowest BCUT2D eigenvalue weighted by atomic mass is 9.97. The van der Waals surface area contributed by atoms with Gasteiger partial charge in [-0.05, 0) is 13.3 Å². The Morgan fingerprint density at radius 2 is 2.45 bits per heavy atom. The zero-order valence-corrected chi connectivity index (χ0v) is 6.89. The molecule has 0 radical (unpaired) electrons. The van der Waals surface area contributed by atoms with Gasteiger partial charge in [-0.1, -0.05) is 0 Å². The Labute approximate surface area is 66.8 Å². The summed E-state index contributed by atoms with van der Waals surface area (Å²) in [5.41, 5.74) is 0.134. The fourth-order valence-electron chi connectivity index (χ4n) is 2.07. The standard InChI is InChI=1S/C8H14N2O/c1-8-3-2-7(11)10(8)5-4-9-6-8/h9H,2-6H2,1H3/t8-/m0/s1. The minimum Gasteiger partial charge on any atom is -0.335 e. The van der Waals surface area contributed by atoms with Crippen LogP contribution >= 0.6 is 0 Å². The highest BCUT2D eigenvalue weighted by atomic mass is 16.2. The highest BCUT2D eigenvalue weighted by molar-refractivity contribution is 5.79. The molecule has 2 aliphatic rings. The van der Waals surface area contributed by atoms with Crippen LogP contribution in [0.15, 0.2) is 0 Å². The van der Waals surface area contributed by atoms with Gasteiger partial charge in [-0.3, -0.25) is 4.79 Å². The minimum absolute atomic E-state index is 0.134. The molecule has 1 N–H and O–H groups in total. The second-order valence-corrected chi connectivity index (χ2v) is 3.72. The van der Waals surface area contributed by atoms with E-state index in [2.05, 4.69) is 12.2 Å². The monoisotopic (exact) mass is 154 g/mol. The molecular formula is C8H14N2O. The molecule has 0 aromatic rings. The third-order valence-corrected chi connectivity index (χ3v) is 2.85. The molecule has 62 valence electrons. The number of piperazine rings is 1. The number of hydrogen-bond donors (Lipinski definition) is 1. The highest BCUT2D eigenvalue weighted by Gasteiger charge is 2.42. The van der Waals surface area contributed by atoms with E-state index >= 15 is 0 Å². The van der Waals surface area contributed by atoms with E-state index in [1.165, 1.54) is 0 Å². The van der Waals surface area contributed by atoms with Crippen LogP contribution in [0.1, 0.15) is 19.8 Å². The van der Waals surface area contributed by atoms with Crippen LogP contribution < -0.4 is 5.32 Å². The van der Waals surface area contributed by atoms with Crippen LogP contribution in [-0.4, -0.2) is 36.0 Å². The number of nitrogens with zero attached hydrogens (tertiary/aromatic N) is 1. The predicted molar refractivity (Wildman–Crippen MR) is 42.2 cm³/mol. The summed E-state index contributed by atoms with van der Waals surface area (Å²) in [5.74, 6) is 0.342. The molecule has 3 nitrogen and oxygen atoms in total. The van der Waals surface area contributed by atoms with Crippen molar-refractivity contribution in [3.05, 3.63) is 0 Å². The first kappa shape index (κ1) is 7.10. The van der Waals surface area contributed by atoms with Gasteiger partial charge in [-0.15, -0.1) is 0 Å². The minimum atomic E-state index is 0.134. The van der Waals surface area contributed by atoms with E-state index in [1.54, 1.807) is 0 Å². The van der Waals surface area contributed by atoms with Crippen LogP contribution in [-0.2, 0) is 4.79 Å². The topological polar surface area (TPSA) is 32.3 Å². The largest absolute Gasteiger partial charge is 0.335 e. The van der Waals surface area contributed by atoms with E-state index in [9.17, 15) is 4.79 Å². The molecule has 3 heteroatoms. The Bertz CT molecular complexity index is 193. The molecule has 0 aliphatic carbocycles. The van der Waals surface area contributed by atoms with Gasteiger partial charge in [0.1, 0.15) is 0 Å². The molecule has 0 aromatic heterocycles. The first-order valence-corrected chi connectivity index (χ1v) is 4.24. The van der Waals surface area contributed by atoms with Crippen LogP contribution in [0.25, 0.3) is 0 Å². The molecule has 2 fully saturated rings. The molecule has 2 saturated heterocycles. The van der Waals surface area contributed by atoms with E-state index in [0.717, 1.165) is 32.5 Å². The zero-order chi connectivity index (χ0) is 7.90. The first-order chi connectivity index (χ1) is 5.22. The smallest absolute Gasteiger partial charge is 0.223 e. The van der Waals surface area contributed by atoms with Gasteiger partial charge in [0.25, 0.3) is 0 Å². The summed E-state index contributed by atoms with van der Waals surface area (Å²) in [6.45, 7) is 5.00. The van der Waals surface area contributed by atoms with Crippen molar-refractivity contribution in [3.63, 3.8) is 0 Å². The van der Waals surface area contributed by atoms with Crippen molar-refractivity contribution >= 4 is 5.91 Å². The zero-order valence-electron chi connectivity index (χ0n) is 6.89. The van der Waals surface area contributed by atoms with Gasteiger partial charge in [-0.25, -0.2) is 0 Å². The summed E-state index contributed by atoms with van der Waals surface area (Å²) in [4.78, 5) is 13.3. The second kappa shape index (κ2) is 2.21. The number of rotatable bonds is 0. The maximum Gasteiger partial charge on any atom is 0.223 e. The van der Waals surface area contributed by atoms with Crippen molar-refractivity contribution in [2.45, 2.75) is 25.3 Å². The van der Waals surface area contributed by atoms with Crippen LogP contribution in [0.4, 0.5) is 0 Å². The van der Waals surface area contributed by atoms with Gasteiger partial charge in [0, 0.05) is 26.1 Å². The Balaban J connectivity index is 2.21. The second-order valence-electron chi connectivity index (χ2n) is 3.72. The number of hydrogen-bond acceptors (Lipinski definition) is 2. The Hall–Kier alpha value is -0.570. The van der Waals surface area contributed by atoms with Crippen LogP contribution in [0.5, 0.6) is 0 Å². The fraction of sp³-hybridized carbons (Fsp3) is 0.875. The van der Waals surface area contributed by atoms with Crippen molar-refractivity contribution < 1.29 is 4.79 Å². The average Bonchev–Trinajstić information content (AvgIpc) is 2.29. The van der Waals surface area contributed by atoms with Crippen molar-refractivity contribution in [2.24, 2.45) is 0 Å². The van der Waals surface area contributed by atoms with Gasteiger partial charge >= 0.3 is 0 Å². The van der Waals surface area contributed by atoms with E-state index < -0.39 is 0 Å². The molecule has 2 heterocycles. The molecule has 11 heavy (non-hydrogen) atoms. The normalized spacial score (nSPS) is 37.5. The third-order valence-electron chi connectivity index (χ3n) is 2.85. The summed E-state index contributed by atoms with van der Waals surface area (Å²) in [6.07, 6.45) is 1.77. The summed E-state index contributed by atoms with van der Waals surface area (Å²) in [6, 6.07) is 0. The van der Waals surface area contributed by atoms with Crippen molar-refractivity contribution in [1.82, 2.24) is 10.2 Å². The number of carbonyl (C=O) groups excluding carboxylic acids is 1. The molecule has 0 saturated carbocycles. The van der Waals surface area contributed by atoms with Crippen molar-refractivity contribution in [3.8, 4) is 0 Å². The maximum atomic E-state index is 11.3. The van der Waals surface area contributed by atoms with Gasteiger partial charge < -0.3 is 10.2 Å². The number of amides is 1. The van der Waals surface area contributed by atoms with E-state index in [1.807, 2.05) is 4.90 Å². The van der Waals surface area contributed by atoms with E-state index in [-0.39, 0.29) is 5.54 Å². The molecule has 0 bridgehead atoms. The Kier molecular flexibility index (Phi) is 1.42. The molecule has 1 amide bonds. The third kappa shape index (κ3) is 0.948. The first-order valence-electron chi connectivity index (χ1n) is 4.24. The summed E-state index contributed by atoms with van der Waals surface area (Å²) in [5, 5.41) is 3.32. The summed E-state index contributed by atoms with van der Waals surface area (Å²) < 4.78 is 0. The predicted octanol–water partition coefficient (Wildman–Crippen LogP) is -0.0293. The quantitative estimate of drug-likeness (QED) is 0.531. The van der Waals surface area contributed by atoms with Crippen LogP contribution in [0, 0.1) is 0 Å². The number of fused-ring (bicyclic) bond motifs is 1. The average molecular weight is 154 g/mol. The lowest BCUT2D eigenvalue weighted by Crippen LogP contribution is -2.57. The molecule has 0 unspecified atom stereocenters. The van der Waals surface area contributed by atoms with Gasteiger partial charge in [0.15, 0.2) is 0 Å². The molecule has 2 rings (SSSR count). The number of carbonyl (C=O) groups is 1. The van der Waals surface area contributed by atoms with Crippen molar-refractivity contribution in [1.29, 1.82) is 0 Å². The molecule has 0 spiro atoms. The Morgan fingerprint density at radius 1 is 1.64 bits per heavy atom. The van der Waals surface area contributed by atoms with Crippen LogP contribution in [0.2, 0.25) is 0 Å². The summed E-state index contributed by atoms with van der Waals surface area (Å²) in [7, 11) is 0. The van der Waals surface area contributed by atoms with E-state index in [0.29, 0.717) is 5.91 Å². The fourth-order valence-corrected chi connectivity index (χ4v) is 2.07. The summed E-state index contributed by atoms with van der Waals surface area (Å²) >= 11 is 0. The molecule has 1 atom stereocenters. The van der Waals surface area contributed by atoms with E-state index in [4.69, 9.17) is 0 Å². The van der Waals surface area contributed by atoms with Crippen molar-refractivity contribution in [2.75, 3.05) is 19.6 Å². The van der Waals surface area contributed by atoms with Crippen LogP contribution in [0.3, 0.4) is 0 Å². The molecule has 2 aliphatic heterocycles. The van der Waals surface area contributed by atoms with Gasteiger partial charge in [0.05, 0.1) is 5.54 Å². The Morgan fingerprint density at radius 3 is 3.18 bits per heavy atom. The maximum absolute atomic E-state index is 11.3. The lowest BCUT2D eigenvalue weighted by Gasteiger charge is -2.39.